The number of carbonyl (C=O) groups excluding carboxylic acids is 2. The number of nitrogens with zero attached hydrogens (tertiary/aromatic N) is 2. The molecule has 1 aromatic carbocycles. The molecule has 0 unspecified atom stereocenters. The number of carbonyl (C=O) groups is 2. The lowest BCUT2D eigenvalue weighted by molar-refractivity contribution is 0.0529. The van der Waals surface area contributed by atoms with E-state index in [2.05, 4.69) is 10.5 Å². The van der Waals surface area contributed by atoms with E-state index in [1.807, 2.05) is 0 Å². The van der Waals surface area contributed by atoms with Crippen LogP contribution in [-0.4, -0.2) is 43.0 Å². The SMILES string of the molecule is CN(C)C(=O)Oc1ccc(C=NNC(=O)OC(C)(C)C)cc1. The van der Waals surface area contributed by atoms with Crippen molar-refractivity contribution in [1.82, 2.24) is 10.3 Å². The molecule has 0 aliphatic heterocycles. The van der Waals surface area contributed by atoms with Crippen LogP contribution in [0.15, 0.2) is 29.4 Å². The number of amides is 2. The summed E-state index contributed by atoms with van der Waals surface area (Å²) < 4.78 is 10.1. The maximum atomic E-state index is 11.4. The number of rotatable bonds is 3. The molecule has 2 amide bonds. The zero-order valence-corrected chi connectivity index (χ0v) is 13.4. The van der Waals surface area contributed by atoms with Crippen molar-refractivity contribution in [2.45, 2.75) is 26.4 Å². The van der Waals surface area contributed by atoms with Gasteiger partial charge in [0.2, 0.25) is 0 Å². The normalized spacial score (nSPS) is 11.1. The minimum Gasteiger partial charge on any atom is -0.443 e. The zero-order chi connectivity index (χ0) is 16.8. The highest BCUT2D eigenvalue weighted by molar-refractivity contribution is 5.81. The Labute approximate surface area is 129 Å². The van der Waals surface area contributed by atoms with Crippen molar-refractivity contribution in [1.29, 1.82) is 0 Å². The largest absolute Gasteiger partial charge is 0.443 e. The van der Waals surface area contributed by atoms with Crippen LogP contribution in [0.2, 0.25) is 0 Å². The van der Waals surface area contributed by atoms with Gasteiger partial charge in [0.05, 0.1) is 6.21 Å². The van der Waals surface area contributed by atoms with Crippen molar-refractivity contribution in [3.63, 3.8) is 0 Å². The van der Waals surface area contributed by atoms with Gasteiger partial charge in [-0.05, 0) is 50.6 Å². The first-order valence-electron chi connectivity index (χ1n) is 6.68. The topological polar surface area (TPSA) is 80.2 Å². The van der Waals surface area contributed by atoms with Crippen molar-refractivity contribution in [3.8, 4) is 5.75 Å². The quantitative estimate of drug-likeness (QED) is 0.687. The molecule has 1 N–H and O–H groups in total. The van der Waals surface area contributed by atoms with Crippen molar-refractivity contribution in [3.05, 3.63) is 29.8 Å². The van der Waals surface area contributed by atoms with Crippen LogP contribution in [0.4, 0.5) is 9.59 Å². The van der Waals surface area contributed by atoms with Crippen LogP contribution in [0, 0.1) is 0 Å². The highest BCUT2D eigenvalue weighted by Crippen LogP contribution is 2.12. The molecule has 0 aliphatic rings. The Bertz CT molecular complexity index is 545. The van der Waals surface area contributed by atoms with Gasteiger partial charge in [-0.1, -0.05) is 0 Å². The predicted molar refractivity (Wildman–Crippen MR) is 83.1 cm³/mol. The maximum Gasteiger partial charge on any atom is 0.428 e. The van der Waals surface area contributed by atoms with E-state index >= 15 is 0 Å². The van der Waals surface area contributed by atoms with Crippen LogP contribution in [0.1, 0.15) is 26.3 Å². The second kappa shape index (κ2) is 7.44. The molecule has 0 atom stereocenters. The van der Waals surface area contributed by atoms with Crippen molar-refractivity contribution in [2.75, 3.05) is 14.1 Å². The van der Waals surface area contributed by atoms with E-state index in [4.69, 9.17) is 9.47 Å². The summed E-state index contributed by atoms with van der Waals surface area (Å²) in [7, 11) is 3.21. The lowest BCUT2D eigenvalue weighted by Gasteiger charge is -2.18. The minimum atomic E-state index is -0.625. The predicted octanol–water partition coefficient (Wildman–Crippen LogP) is 2.61. The molecule has 7 nitrogen and oxygen atoms in total. The first-order valence-corrected chi connectivity index (χ1v) is 6.68. The first-order chi connectivity index (χ1) is 10.2. The van der Waals surface area contributed by atoms with E-state index in [0.29, 0.717) is 5.75 Å². The monoisotopic (exact) mass is 307 g/mol. The van der Waals surface area contributed by atoms with E-state index in [1.165, 1.54) is 11.1 Å². The van der Waals surface area contributed by atoms with Gasteiger partial charge in [-0.3, -0.25) is 0 Å². The summed E-state index contributed by atoms with van der Waals surface area (Å²) in [5, 5.41) is 3.78. The summed E-state index contributed by atoms with van der Waals surface area (Å²) in [6.07, 6.45) is 0.384. The van der Waals surface area contributed by atoms with E-state index < -0.39 is 17.8 Å². The lowest BCUT2D eigenvalue weighted by Crippen LogP contribution is -2.29. The van der Waals surface area contributed by atoms with Crippen LogP contribution in [0.25, 0.3) is 0 Å². The van der Waals surface area contributed by atoms with Gasteiger partial charge in [-0.15, -0.1) is 0 Å². The third kappa shape index (κ3) is 6.74. The molecule has 120 valence electrons. The number of nitrogens with one attached hydrogen (secondary N) is 1. The molecule has 0 fully saturated rings. The van der Waals surface area contributed by atoms with Gasteiger partial charge in [0, 0.05) is 14.1 Å². The maximum absolute atomic E-state index is 11.4. The summed E-state index contributed by atoms with van der Waals surface area (Å²) >= 11 is 0. The Hall–Kier alpha value is -2.57. The third-order valence-electron chi connectivity index (χ3n) is 2.22. The van der Waals surface area contributed by atoms with Gasteiger partial charge in [0.25, 0.3) is 0 Å². The van der Waals surface area contributed by atoms with Gasteiger partial charge in [-0.25, -0.2) is 15.0 Å². The minimum absolute atomic E-state index is 0.427. The van der Waals surface area contributed by atoms with E-state index in [9.17, 15) is 9.59 Å². The number of hydrogen-bond acceptors (Lipinski definition) is 5. The molecule has 7 heteroatoms. The van der Waals surface area contributed by atoms with Gasteiger partial charge < -0.3 is 14.4 Å². The number of ether oxygens (including phenoxy) is 2. The Morgan fingerprint density at radius 1 is 1.18 bits per heavy atom. The van der Waals surface area contributed by atoms with Crippen molar-refractivity contribution in [2.24, 2.45) is 5.10 Å². The van der Waals surface area contributed by atoms with E-state index in [-0.39, 0.29) is 0 Å². The fourth-order valence-electron chi connectivity index (χ4n) is 1.27. The van der Waals surface area contributed by atoms with Gasteiger partial charge >= 0.3 is 12.2 Å². The van der Waals surface area contributed by atoms with Crippen LogP contribution >= 0.6 is 0 Å². The molecule has 0 radical (unpaired) electrons. The summed E-state index contributed by atoms with van der Waals surface area (Å²) in [5.41, 5.74) is 2.43. The Morgan fingerprint density at radius 2 is 1.77 bits per heavy atom. The number of hydrazone groups is 1. The summed E-state index contributed by atoms with van der Waals surface area (Å²) in [4.78, 5) is 24.1. The molecule has 0 aliphatic carbocycles. The molecule has 0 bridgehead atoms. The molecule has 0 aromatic heterocycles. The van der Waals surface area contributed by atoms with Gasteiger partial charge in [0.15, 0.2) is 0 Å². The molecule has 0 heterocycles. The Balaban J connectivity index is 2.52. The van der Waals surface area contributed by atoms with Crippen LogP contribution < -0.4 is 10.2 Å². The fourth-order valence-corrected chi connectivity index (χ4v) is 1.27. The molecule has 1 aromatic rings. The Morgan fingerprint density at radius 3 is 2.27 bits per heavy atom. The van der Waals surface area contributed by atoms with Crippen molar-refractivity contribution < 1.29 is 19.1 Å². The molecule has 0 saturated carbocycles. The fraction of sp³-hybridized carbons (Fsp3) is 0.400. The second-order valence-electron chi connectivity index (χ2n) is 5.70. The van der Waals surface area contributed by atoms with Gasteiger partial charge in [-0.2, -0.15) is 5.10 Å². The molecular weight excluding hydrogens is 286 g/mol. The number of hydrogen-bond donors (Lipinski definition) is 1. The average Bonchev–Trinajstić information content (AvgIpc) is 2.38. The van der Waals surface area contributed by atoms with Crippen molar-refractivity contribution >= 4 is 18.4 Å². The summed E-state index contributed by atoms with van der Waals surface area (Å²) in [6, 6.07) is 6.68. The smallest absolute Gasteiger partial charge is 0.428 e. The van der Waals surface area contributed by atoms with Crippen LogP contribution in [0.3, 0.4) is 0 Å². The highest BCUT2D eigenvalue weighted by Gasteiger charge is 2.15. The van der Waals surface area contributed by atoms with Crippen LogP contribution in [0.5, 0.6) is 5.75 Å². The van der Waals surface area contributed by atoms with Gasteiger partial charge in [0.1, 0.15) is 11.4 Å². The highest BCUT2D eigenvalue weighted by atomic mass is 16.6. The molecule has 0 spiro atoms. The van der Waals surface area contributed by atoms with Crippen LogP contribution in [-0.2, 0) is 4.74 Å². The summed E-state index contributed by atoms with van der Waals surface area (Å²) in [5.74, 6) is 0.427. The number of benzene rings is 1. The zero-order valence-electron chi connectivity index (χ0n) is 13.4. The first kappa shape index (κ1) is 17.5. The molecular formula is C15H21N3O4. The van der Waals surface area contributed by atoms with E-state index in [1.54, 1.807) is 59.1 Å². The molecule has 22 heavy (non-hydrogen) atoms. The third-order valence-corrected chi connectivity index (χ3v) is 2.22. The molecule has 1 rings (SSSR count). The Kier molecular flexibility index (Phi) is 5.91. The average molecular weight is 307 g/mol. The summed E-state index contributed by atoms with van der Waals surface area (Å²) in [6.45, 7) is 5.30. The molecule has 0 saturated heterocycles. The van der Waals surface area contributed by atoms with E-state index in [0.717, 1.165) is 5.56 Å². The lowest BCUT2D eigenvalue weighted by atomic mass is 10.2. The second-order valence-corrected chi connectivity index (χ2v) is 5.70. The standard InChI is InChI=1S/C15H21N3O4/c1-15(2,3)22-13(19)17-16-10-11-6-8-12(9-7-11)21-14(20)18(4)5/h6-10H,1-5H3,(H,17,19).